The van der Waals surface area contributed by atoms with E-state index in [9.17, 15) is 9.59 Å². The average molecular weight is 450 g/mol. The number of benzene rings is 2. The summed E-state index contributed by atoms with van der Waals surface area (Å²) in [6.45, 7) is 6.22. The van der Waals surface area contributed by atoms with Crippen LogP contribution in [0.1, 0.15) is 42.5 Å². The molecule has 1 N–H and O–H groups in total. The molecule has 0 radical (unpaired) electrons. The van der Waals surface area contributed by atoms with Crippen molar-refractivity contribution < 1.29 is 28.2 Å². The molecule has 0 spiro atoms. The molecular formula is C25H26N2O6. The van der Waals surface area contributed by atoms with E-state index in [1.807, 2.05) is 24.3 Å². The van der Waals surface area contributed by atoms with Gasteiger partial charge in [-0.3, -0.25) is 4.79 Å². The summed E-state index contributed by atoms with van der Waals surface area (Å²) in [4.78, 5) is 24.0. The second kappa shape index (κ2) is 10.5. The number of furan rings is 1. The van der Waals surface area contributed by atoms with Crippen molar-refractivity contribution in [1.29, 1.82) is 0 Å². The molecule has 0 aliphatic rings. The molecular weight excluding hydrogens is 424 g/mol. The molecule has 2 aromatic carbocycles. The van der Waals surface area contributed by atoms with Gasteiger partial charge in [-0.25, -0.2) is 10.2 Å². The zero-order valence-corrected chi connectivity index (χ0v) is 19.0. The minimum Gasteiger partial charge on any atom is -0.493 e. The van der Waals surface area contributed by atoms with E-state index < -0.39 is 11.9 Å². The van der Waals surface area contributed by atoms with Gasteiger partial charge >= 0.3 is 5.97 Å². The molecule has 8 heteroatoms. The van der Waals surface area contributed by atoms with Crippen molar-refractivity contribution in [2.45, 2.75) is 26.2 Å². The van der Waals surface area contributed by atoms with Gasteiger partial charge in [0.2, 0.25) is 5.76 Å². The molecule has 33 heavy (non-hydrogen) atoms. The number of nitrogens with one attached hydrogen (secondary N) is 1. The third-order valence-corrected chi connectivity index (χ3v) is 4.61. The number of esters is 1. The maximum absolute atomic E-state index is 12.0. The van der Waals surface area contributed by atoms with Crippen LogP contribution in [0, 0.1) is 0 Å². The fourth-order valence-corrected chi connectivity index (χ4v) is 2.80. The first kappa shape index (κ1) is 23.6. The number of rotatable bonds is 8. The van der Waals surface area contributed by atoms with Crippen LogP contribution >= 0.6 is 0 Å². The Hall–Kier alpha value is -4.07. The lowest BCUT2D eigenvalue weighted by Gasteiger charge is -2.19. The third kappa shape index (κ3) is 6.70. The first-order chi connectivity index (χ1) is 15.8. The average Bonchev–Trinajstić information content (AvgIpc) is 3.33. The van der Waals surface area contributed by atoms with E-state index in [-0.39, 0.29) is 23.5 Å². The number of hydrogen-bond donors (Lipinski definition) is 1. The van der Waals surface area contributed by atoms with Gasteiger partial charge in [-0.2, -0.15) is 5.10 Å². The fraction of sp³-hybridized carbons (Fsp3) is 0.240. The normalized spacial score (nSPS) is 11.3. The fourth-order valence-electron chi connectivity index (χ4n) is 2.80. The molecule has 0 bridgehead atoms. The Morgan fingerprint density at radius 3 is 2.45 bits per heavy atom. The number of methoxy groups -OCH3 is 1. The molecule has 0 aliphatic carbocycles. The number of amides is 1. The van der Waals surface area contributed by atoms with Gasteiger partial charge in [0.25, 0.3) is 5.91 Å². The third-order valence-electron chi connectivity index (χ3n) is 4.61. The zero-order valence-electron chi connectivity index (χ0n) is 19.0. The summed E-state index contributed by atoms with van der Waals surface area (Å²) >= 11 is 0. The van der Waals surface area contributed by atoms with Crippen LogP contribution in [0.4, 0.5) is 0 Å². The monoisotopic (exact) mass is 450 g/mol. The Morgan fingerprint density at radius 2 is 1.82 bits per heavy atom. The van der Waals surface area contributed by atoms with Gasteiger partial charge in [-0.05, 0) is 59.0 Å². The predicted molar refractivity (Wildman–Crippen MR) is 123 cm³/mol. The summed E-state index contributed by atoms with van der Waals surface area (Å²) in [7, 11) is 1.45. The van der Waals surface area contributed by atoms with Crippen molar-refractivity contribution in [2.75, 3.05) is 13.7 Å². The summed E-state index contributed by atoms with van der Waals surface area (Å²) in [6, 6.07) is 15.6. The van der Waals surface area contributed by atoms with Gasteiger partial charge in [-0.1, -0.05) is 32.9 Å². The van der Waals surface area contributed by atoms with Crippen LogP contribution in [-0.4, -0.2) is 31.8 Å². The minimum atomic E-state index is -0.639. The smallest absolute Gasteiger partial charge is 0.379 e. The number of hydrogen-bond acceptors (Lipinski definition) is 7. The number of carbonyl (C=O) groups is 2. The summed E-state index contributed by atoms with van der Waals surface area (Å²) in [5.74, 6) is 0.199. The second-order valence-electron chi connectivity index (χ2n) is 8.13. The van der Waals surface area contributed by atoms with E-state index in [0.717, 1.165) is 0 Å². The molecule has 1 heterocycles. The first-order valence-corrected chi connectivity index (χ1v) is 10.3. The van der Waals surface area contributed by atoms with Gasteiger partial charge in [0, 0.05) is 0 Å². The van der Waals surface area contributed by atoms with Crippen LogP contribution in [0.3, 0.4) is 0 Å². The molecule has 0 saturated carbocycles. The molecule has 3 rings (SSSR count). The first-order valence-electron chi connectivity index (χ1n) is 10.3. The lowest BCUT2D eigenvalue weighted by atomic mass is 9.87. The van der Waals surface area contributed by atoms with Gasteiger partial charge in [0.05, 0.1) is 19.6 Å². The Labute approximate surface area is 192 Å². The summed E-state index contributed by atoms with van der Waals surface area (Å²) < 4.78 is 21.1. The maximum Gasteiger partial charge on any atom is 0.379 e. The van der Waals surface area contributed by atoms with Crippen LogP contribution in [-0.2, 0) is 10.2 Å². The number of nitrogens with zero attached hydrogens (tertiary/aromatic N) is 1. The lowest BCUT2D eigenvalue weighted by Crippen LogP contribution is -2.24. The highest BCUT2D eigenvalue weighted by molar-refractivity contribution is 5.89. The Morgan fingerprint density at radius 1 is 1.06 bits per heavy atom. The molecule has 0 unspecified atom stereocenters. The molecule has 0 aliphatic heterocycles. The van der Waals surface area contributed by atoms with Crippen LogP contribution < -0.4 is 19.6 Å². The topological polar surface area (TPSA) is 99.4 Å². The largest absolute Gasteiger partial charge is 0.493 e. The van der Waals surface area contributed by atoms with E-state index in [0.29, 0.717) is 17.1 Å². The number of carbonyl (C=O) groups excluding carboxylic acids is 2. The summed E-state index contributed by atoms with van der Waals surface area (Å²) in [5, 5.41) is 3.92. The minimum absolute atomic E-state index is 0.0482. The SMILES string of the molecule is COc1cc(/C=N\NC(=O)COc2ccc(C(C)(C)C)cc2)ccc1OC(=O)c1ccco1. The van der Waals surface area contributed by atoms with Gasteiger partial charge in [0.1, 0.15) is 5.75 Å². The van der Waals surface area contributed by atoms with Crippen molar-refractivity contribution in [2.24, 2.45) is 5.10 Å². The molecule has 1 aromatic heterocycles. The van der Waals surface area contributed by atoms with E-state index in [1.54, 1.807) is 24.3 Å². The molecule has 8 nitrogen and oxygen atoms in total. The zero-order chi connectivity index (χ0) is 23.8. The maximum atomic E-state index is 12.0. The molecule has 0 atom stereocenters. The van der Waals surface area contributed by atoms with Crippen molar-refractivity contribution in [3.63, 3.8) is 0 Å². The van der Waals surface area contributed by atoms with E-state index >= 15 is 0 Å². The standard InChI is InChI=1S/C25H26N2O6/c1-25(2,3)18-8-10-19(11-9-18)32-16-23(28)27-26-15-17-7-12-20(22(14-17)30-4)33-24(29)21-6-5-13-31-21/h5-15H,16H2,1-4H3,(H,27,28)/b26-15-. The van der Waals surface area contributed by atoms with Crippen molar-refractivity contribution in [3.8, 4) is 17.2 Å². The number of ether oxygens (including phenoxy) is 3. The van der Waals surface area contributed by atoms with Gasteiger partial charge in [-0.15, -0.1) is 0 Å². The van der Waals surface area contributed by atoms with E-state index in [2.05, 4.69) is 31.3 Å². The molecule has 0 saturated heterocycles. The predicted octanol–water partition coefficient (Wildman–Crippen LogP) is 4.33. The highest BCUT2D eigenvalue weighted by Crippen LogP contribution is 2.28. The van der Waals surface area contributed by atoms with E-state index in [4.69, 9.17) is 18.6 Å². The van der Waals surface area contributed by atoms with Crippen molar-refractivity contribution in [1.82, 2.24) is 5.43 Å². The van der Waals surface area contributed by atoms with Crippen LogP contribution in [0.5, 0.6) is 17.2 Å². The lowest BCUT2D eigenvalue weighted by molar-refractivity contribution is -0.123. The molecule has 1 amide bonds. The summed E-state index contributed by atoms with van der Waals surface area (Å²) in [6.07, 6.45) is 2.83. The van der Waals surface area contributed by atoms with Crippen LogP contribution in [0.25, 0.3) is 0 Å². The second-order valence-corrected chi connectivity index (χ2v) is 8.13. The Balaban J connectivity index is 1.52. The van der Waals surface area contributed by atoms with E-state index in [1.165, 1.54) is 31.2 Å². The Bertz CT molecular complexity index is 1110. The van der Waals surface area contributed by atoms with Gasteiger partial charge < -0.3 is 18.6 Å². The highest BCUT2D eigenvalue weighted by Gasteiger charge is 2.15. The quantitative estimate of drug-likeness (QED) is 0.237. The van der Waals surface area contributed by atoms with Crippen molar-refractivity contribution in [3.05, 3.63) is 77.7 Å². The summed E-state index contributed by atoms with van der Waals surface area (Å²) in [5.41, 5.74) is 4.26. The highest BCUT2D eigenvalue weighted by atomic mass is 16.6. The molecule has 172 valence electrons. The van der Waals surface area contributed by atoms with Crippen LogP contribution in [0.15, 0.2) is 70.4 Å². The Kier molecular flexibility index (Phi) is 7.50. The number of hydrazone groups is 1. The van der Waals surface area contributed by atoms with Crippen LogP contribution in [0.2, 0.25) is 0 Å². The molecule has 3 aromatic rings. The molecule has 0 fully saturated rings. The van der Waals surface area contributed by atoms with Crippen molar-refractivity contribution >= 4 is 18.1 Å². The van der Waals surface area contributed by atoms with Gasteiger partial charge in [0.15, 0.2) is 18.1 Å².